The van der Waals surface area contributed by atoms with Gasteiger partial charge in [0.15, 0.2) is 5.96 Å². The Kier molecular flexibility index (Phi) is 12.2. The fourth-order valence-corrected chi connectivity index (χ4v) is 3.55. The van der Waals surface area contributed by atoms with Crippen molar-refractivity contribution in [2.45, 2.75) is 58.2 Å². The Morgan fingerprint density at radius 1 is 1.32 bits per heavy atom. The highest BCUT2D eigenvalue weighted by Gasteiger charge is 2.20. The van der Waals surface area contributed by atoms with Gasteiger partial charge in [-0.2, -0.15) is 0 Å². The number of likely N-dealkylation sites (tertiary alicyclic amines) is 1. The summed E-state index contributed by atoms with van der Waals surface area (Å²) in [7, 11) is -0.853. The summed E-state index contributed by atoms with van der Waals surface area (Å²) in [6.07, 6.45) is 2.23. The molecule has 1 heterocycles. The van der Waals surface area contributed by atoms with E-state index in [4.69, 9.17) is 0 Å². The van der Waals surface area contributed by atoms with Crippen LogP contribution in [0, 0.1) is 0 Å². The zero-order valence-electron chi connectivity index (χ0n) is 16.6. The van der Waals surface area contributed by atoms with Crippen molar-refractivity contribution in [2.24, 2.45) is 4.99 Å². The van der Waals surface area contributed by atoms with Crippen molar-refractivity contribution < 1.29 is 4.21 Å². The van der Waals surface area contributed by atoms with Crippen LogP contribution in [-0.2, 0) is 10.8 Å². The highest BCUT2D eigenvalue weighted by molar-refractivity contribution is 14.0. The standard InChI is InChI=1S/C18H36N4OS.HI/c1-7-19-17(20-10-13-24(23)18(4,5)6)21-16-8-11-22(12-9-16)14-15(2)3;/h16H,2,7-14H2,1,3-6H3,(H2,19,20,21);1H. The molecule has 0 radical (unpaired) electrons. The SMILES string of the molecule is C=C(C)CN1CCC(NC(=NCCS(=O)C(C)(C)C)NCC)CC1.I. The van der Waals surface area contributed by atoms with E-state index in [1.807, 2.05) is 20.8 Å². The van der Waals surface area contributed by atoms with Gasteiger partial charge in [-0.05, 0) is 47.5 Å². The molecule has 1 atom stereocenters. The highest BCUT2D eigenvalue weighted by Crippen LogP contribution is 2.12. The van der Waals surface area contributed by atoms with Crippen LogP contribution in [0.15, 0.2) is 17.1 Å². The third-order valence-corrected chi connectivity index (χ3v) is 5.92. The van der Waals surface area contributed by atoms with Gasteiger partial charge < -0.3 is 10.6 Å². The van der Waals surface area contributed by atoms with Crippen molar-refractivity contribution in [3.63, 3.8) is 0 Å². The minimum Gasteiger partial charge on any atom is -0.357 e. The number of aliphatic imine (C=N–C) groups is 1. The predicted molar refractivity (Wildman–Crippen MR) is 122 cm³/mol. The number of hydrogen-bond acceptors (Lipinski definition) is 3. The summed E-state index contributed by atoms with van der Waals surface area (Å²) in [5.74, 6) is 1.46. The second-order valence-corrected chi connectivity index (χ2v) is 9.90. The molecule has 1 saturated heterocycles. The Labute approximate surface area is 174 Å². The first kappa shape index (κ1) is 24.8. The molecule has 0 amide bonds. The second-order valence-electron chi connectivity index (χ2n) is 7.57. The Balaban J connectivity index is 0.00000576. The average Bonchev–Trinajstić information content (AvgIpc) is 2.47. The van der Waals surface area contributed by atoms with Crippen LogP contribution < -0.4 is 10.6 Å². The van der Waals surface area contributed by atoms with Crippen molar-refractivity contribution in [3.05, 3.63) is 12.2 Å². The Morgan fingerprint density at radius 3 is 2.40 bits per heavy atom. The lowest BCUT2D eigenvalue weighted by Gasteiger charge is -2.33. The van der Waals surface area contributed by atoms with Gasteiger partial charge in [-0.3, -0.25) is 14.1 Å². The molecule has 0 aromatic carbocycles. The molecule has 0 aromatic rings. The monoisotopic (exact) mass is 484 g/mol. The molecule has 0 aliphatic carbocycles. The van der Waals surface area contributed by atoms with Crippen molar-refractivity contribution in [1.82, 2.24) is 15.5 Å². The maximum absolute atomic E-state index is 12.1. The number of guanidine groups is 1. The topological polar surface area (TPSA) is 56.7 Å². The summed E-state index contributed by atoms with van der Waals surface area (Å²) >= 11 is 0. The molecule has 1 rings (SSSR count). The molecule has 0 bridgehead atoms. The second kappa shape index (κ2) is 12.3. The first-order valence-electron chi connectivity index (χ1n) is 9.02. The zero-order valence-corrected chi connectivity index (χ0v) is 19.7. The molecule has 0 spiro atoms. The van der Waals surface area contributed by atoms with Gasteiger partial charge in [0.05, 0.1) is 6.54 Å². The normalized spacial score (nSPS) is 18.4. The van der Waals surface area contributed by atoms with E-state index in [1.165, 1.54) is 5.57 Å². The van der Waals surface area contributed by atoms with Gasteiger partial charge in [0, 0.05) is 53.5 Å². The van der Waals surface area contributed by atoms with Crippen molar-refractivity contribution in [3.8, 4) is 0 Å². The zero-order chi connectivity index (χ0) is 18.2. The van der Waals surface area contributed by atoms with E-state index in [0.29, 0.717) is 18.3 Å². The number of piperidine rings is 1. The van der Waals surface area contributed by atoms with Crippen molar-refractivity contribution in [2.75, 3.05) is 38.5 Å². The first-order chi connectivity index (χ1) is 11.2. The molecular weight excluding hydrogens is 447 g/mol. The minimum atomic E-state index is -0.853. The number of rotatable bonds is 7. The van der Waals surface area contributed by atoms with Crippen LogP contribution in [0.3, 0.4) is 0 Å². The lowest BCUT2D eigenvalue weighted by molar-refractivity contribution is 0.221. The molecule has 0 saturated carbocycles. The van der Waals surface area contributed by atoms with Gasteiger partial charge in [-0.1, -0.05) is 12.2 Å². The number of nitrogens with one attached hydrogen (secondary N) is 2. The molecule has 148 valence electrons. The fraction of sp³-hybridized carbons (Fsp3) is 0.833. The van der Waals surface area contributed by atoms with E-state index in [2.05, 4.69) is 41.0 Å². The van der Waals surface area contributed by atoms with Crippen LogP contribution in [-0.4, -0.2) is 64.3 Å². The fourth-order valence-electron chi connectivity index (χ4n) is 2.68. The molecular formula is C18H37IN4OS. The predicted octanol–water partition coefficient (Wildman–Crippen LogP) is 2.75. The van der Waals surface area contributed by atoms with Crippen LogP contribution >= 0.6 is 24.0 Å². The lowest BCUT2D eigenvalue weighted by Crippen LogP contribution is -2.49. The van der Waals surface area contributed by atoms with Crippen LogP contribution in [0.4, 0.5) is 0 Å². The van der Waals surface area contributed by atoms with Crippen LogP contribution in [0.2, 0.25) is 0 Å². The maximum atomic E-state index is 12.1. The molecule has 1 aliphatic heterocycles. The smallest absolute Gasteiger partial charge is 0.191 e. The van der Waals surface area contributed by atoms with E-state index >= 15 is 0 Å². The molecule has 5 nitrogen and oxygen atoms in total. The Morgan fingerprint density at radius 2 is 1.92 bits per heavy atom. The average molecular weight is 484 g/mol. The van der Waals surface area contributed by atoms with E-state index in [1.54, 1.807) is 0 Å². The summed E-state index contributed by atoms with van der Waals surface area (Å²) in [5, 5.41) is 6.83. The summed E-state index contributed by atoms with van der Waals surface area (Å²) < 4.78 is 11.9. The third-order valence-electron chi connectivity index (χ3n) is 4.00. The lowest BCUT2D eigenvalue weighted by atomic mass is 10.0. The van der Waals surface area contributed by atoms with Gasteiger partial charge in [-0.25, -0.2) is 0 Å². The highest BCUT2D eigenvalue weighted by atomic mass is 127. The number of halogens is 1. The number of nitrogens with zero attached hydrogens (tertiary/aromatic N) is 2. The molecule has 1 aliphatic rings. The number of hydrogen-bond donors (Lipinski definition) is 2. The van der Waals surface area contributed by atoms with Gasteiger partial charge in [-0.15, -0.1) is 24.0 Å². The molecule has 25 heavy (non-hydrogen) atoms. The van der Waals surface area contributed by atoms with Gasteiger partial charge in [0.1, 0.15) is 0 Å². The van der Waals surface area contributed by atoms with Crippen LogP contribution in [0.5, 0.6) is 0 Å². The molecule has 2 N–H and O–H groups in total. The Hall–Kier alpha value is -0.150. The van der Waals surface area contributed by atoms with Crippen LogP contribution in [0.25, 0.3) is 0 Å². The molecule has 1 unspecified atom stereocenters. The van der Waals surface area contributed by atoms with E-state index < -0.39 is 10.8 Å². The quantitative estimate of drug-likeness (QED) is 0.253. The van der Waals surface area contributed by atoms with Gasteiger partial charge in [0.25, 0.3) is 0 Å². The van der Waals surface area contributed by atoms with E-state index in [0.717, 1.165) is 45.0 Å². The largest absolute Gasteiger partial charge is 0.357 e. The van der Waals surface area contributed by atoms with E-state index in [9.17, 15) is 4.21 Å². The van der Waals surface area contributed by atoms with Gasteiger partial charge in [0.2, 0.25) is 0 Å². The van der Waals surface area contributed by atoms with Crippen molar-refractivity contribution >= 4 is 40.7 Å². The molecule has 7 heteroatoms. The minimum absolute atomic E-state index is 0. The molecule has 0 aromatic heterocycles. The third kappa shape index (κ3) is 10.6. The first-order valence-corrected chi connectivity index (χ1v) is 10.3. The van der Waals surface area contributed by atoms with E-state index in [-0.39, 0.29) is 28.7 Å². The summed E-state index contributed by atoms with van der Waals surface area (Å²) in [5.41, 5.74) is 1.23. The van der Waals surface area contributed by atoms with Crippen molar-refractivity contribution in [1.29, 1.82) is 0 Å². The summed E-state index contributed by atoms with van der Waals surface area (Å²) in [6, 6.07) is 0.456. The van der Waals surface area contributed by atoms with Crippen LogP contribution in [0.1, 0.15) is 47.5 Å². The summed E-state index contributed by atoms with van der Waals surface area (Å²) in [4.78, 5) is 7.06. The van der Waals surface area contributed by atoms with Gasteiger partial charge >= 0.3 is 0 Å². The molecule has 1 fully saturated rings. The maximum Gasteiger partial charge on any atom is 0.191 e. The summed E-state index contributed by atoms with van der Waals surface area (Å²) in [6.45, 7) is 18.8. The Bertz CT molecular complexity index is 454.